The molecule has 2 aromatic carbocycles. The second kappa shape index (κ2) is 10.7. The van der Waals surface area contributed by atoms with E-state index >= 15 is 0 Å². The van der Waals surface area contributed by atoms with Gasteiger partial charge in [0.15, 0.2) is 0 Å². The molecule has 2 aliphatic rings. The van der Waals surface area contributed by atoms with E-state index in [1.54, 1.807) is 6.08 Å². The van der Waals surface area contributed by atoms with E-state index in [4.69, 9.17) is 4.74 Å². The molecule has 174 valence electrons. The number of likely N-dealkylation sites (tertiary alicyclic amines) is 1. The topological polar surface area (TPSA) is 70.7 Å². The van der Waals surface area contributed by atoms with Gasteiger partial charge in [-0.15, -0.1) is 0 Å². The van der Waals surface area contributed by atoms with Crippen LogP contribution in [-0.2, 0) is 17.8 Å². The number of imide groups is 1. The molecule has 0 aromatic heterocycles. The Kier molecular flexibility index (Phi) is 7.45. The Labute approximate surface area is 196 Å². The average Bonchev–Trinajstić information content (AvgIpc) is 3.13. The quantitative estimate of drug-likeness (QED) is 0.426. The molecule has 2 aromatic rings. The first kappa shape index (κ1) is 23.1. The Hall–Kier alpha value is -3.12. The number of nitrogens with zero attached hydrogens (tertiary/aromatic N) is 1. The SMILES string of the molecule is C=CCOc1ccccc1CN1CCC([C@]2(CCCc3ccccc3)NC(=O)NC2=O)CC1. The molecule has 2 aliphatic heterocycles. The summed E-state index contributed by atoms with van der Waals surface area (Å²) in [7, 11) is 0. The Bertz CT molecular complexity index is 970. The second-order valence-corrected chi connectivity index (χ2v) is 8.98. The number of para-hydroxylation sites is 1. The lowest BCUT2D eigenvalue weighted by atomic mass is 9.74. The summed E-state index contributed by atoms with van der Waals surface area (Å²) in [5.74, 6) is 0.852. The van der Waals surface area contributed by atoms with E-state index in [0.29, 0.717) is 13.0 Å². The van der Waals surface area contributed by atoms with Crippen molar-refractivity contribution in [1.82, 2.24) is 15.5 Å². The molecule has 1 atom stereocenters. The number of rotatable bonds is 10. The van der Waals surface area contributed by atoms with E-state index in [1.807, 2.05) is 36.4 Å². The molecular weight excluding hydrogens is 414 g/mol. The summed E-state index contributed by atoms with van der Waals surface area (Å²) < 4.78 is 5.81. The summed E-state index contributed by atoms with van der Waals surface area (Å²) in [5, 5.41) is 5.53. The first-order valence-corrected chi connectivity index (χ1v) is 11.8. The molecule has 2 heterocycles. The monoisotopic (exact) mass is 447 g/mol. The van der Waals surface area contributed by atoms with Crippen molar-refractivity contribution >= 4 is 11.9 Å². The molecule has 0 aliphatic carbocycles. The molecule has 2 saturated heterocycles. The van der Waals surface area contributed by atoms with Gasteiger partial charge >= 0.3 is 6.03 Å². The maximum absolute atomic E-state index is 12.9. The lowest BCUT2D eigenvalue weighted by Crippen LogP contribution is -2.56. The largest absolute Gasteiger partial charge is 0.489 e. The number of nitrogens with one attached hydrogen (secondary N) is 2. The number of carbonyl (C=O) groups is 2. The van der Waals surface area contributed by atoms with E-state index in [9.17, 15) is 9.59 Å². The predicted octanol–water partition coefficient (Wildman–Crippen LogP) is 4.06. The van der Waals surface area contributed by atoms with Crippen LogP contribution >= 0.6 is 0 Å². The third-order valence-corrected chi connectivity index (χ3v) is 6.86. The van der Waals surface area contributed by atoms with Crippen LogP contribution in [0.2, 0.25) is 0 Å². The first-order valence-electron chi connectivity index (χ1n) is 11.8. The van der Waals surface area contributed by atoms with E-state index in [1.165, 1.54) is 5.56 Å². The minimum atomic E-state index is -0.803. The summed E-state index contributed by atoms with van der Waals surface area (Å²) in [4.78, 5) is 27.4. The fraction of sp³-hybridized carbons (Fsp3) is 0.407. The van der Waals surface area contributed by atoms with Crippen molar-refractivity contribution < 1.29 is 14.3 Å². The van der Waals surface area contributed by atoms with Crippen molar-refractivity contribution in [3.05, 3.63) is 78.4 Å². The Morgan fingerprint density at radius 2 is 1.79 bits per heavy atom. The number of ether oxygens (including phenoxy) is 1. The van der Waals surface area contributed by atoms with Gasteiger partial charge in [0, 0.05) is 12.1 Å². The van der Waals surface area contributed by atoms with Crippen molar-refractivity contribution in [3.63, 3.8) is 0 Å². The summed E-state index contributed by atoms with van der Waals surface area (Å²) >= 11 is 0. The average molecular weight is 448 g/mol. The lowest BCUT2D eigenvalue weighted by Gasteiger charge is -2.41. The van der Waals surface area contributed by atoms with Gasteiger partial charge in [0.05, 0.1) is 0 Å². The minimum Gasteiger partial charge on any atom is -0.489 e. The van der Waals surface area contributed by atoms with Crippen LogP contribution < -0.4 is 15.4 Å². The fourth-order valence-corrected chi connectivity index (χ4v) is 5.14. The van der Waals surface area contributed by atoms with Crippen molar-refractivity contribution in [1.29, 1.82) is 0 Å². The lowest BCUT2D eigenvalue weighted by molar-refractivity contribution is -0.127. The zero-order chi connectivity index (χ0) is 23.1. The van der Waals surface area contributed by atoms with Gasteiger partial charge in [-0.3, -0.25) is 15.0 Å². The van der Waals surface area contributed by atoms with E-state index < -0.39 is 5.54 Å². The summed E-state index contributed by atoms with van der Waals surface area (Å²) in [6.07, 6.45) is 5.89. The number of piperidine rings is 1. The molecule has 0 bridgehead atoms. The number of hydrogen-bond donors (Lipinski definition) is 2. The molecule has 0 spiro atoms. The molecule has 4 rings (SSSR count). The normalized spacial score (nSPS) is 21.5. The number of aryl methyl sites for hydroxylation is 1. The van der Waals surface area contributed by atoms with Crippen LogP contribution in [0.1, 0.15) is 36.8 Å². The van der Waals surface area contributed by atoms with E-state index in [0.717, 1.165) is 56.6 Å². The van der Waals surface area contributed by atoms with Crippen molar-refractivity contribution in [2.75, 3.05) is 19.7 Å². The third kappa shape index (κ3) is 5.45. The van der Waals surface area contributed by atoms with Gasteiger partial charge in [-0.1, -0.05) is 61.2 Å². The summed E-state index contributed by atoms with van der Waals surface area (Å²) in [6.45, 7) is 6.77. The van der Waals surface area contributed by atoms with Crippen LogP contribution in [0.15, 0.2) is 67.3 Å². The number of benzene rings is 2. The second-order valence-electron chi connectivity index (χ2n) is 8.98. The number of urea groups is 1. The molecule has 6 nitrogen and oxygen atoms in total. The van der Waals surface area contributed by atoms with E-state index in [2.05, 4.69) is 40.3 Å². The summed E-state index contributed by atoms with van der Waals surface area (Å²) in [5.41, 5.74) is 1.61. The highest BCUT2D eigenvalue weighted by Crippen LogP contribution is 2.35. The number of hydrogen-bond acceptors (Lipinski definition) is 4. The molecule has 0 saturated carbocycles. The number of amides is 3. The zero-order valence-electron chi connectivity index (χ0n) is 19.1. The number of carbonyl (C=O) groups excluding carboxylic acids is 2. The Morgan fingerprint density at radius 3 is 2.48 bits per heavy atom. The van der Waals surface area contributed by atoms with Gasteiger partial charge in [0.2, 0.25) is 0 Å². The van der Waals surface area contributed by atoms with Crippen molar-refractivity contribution in [2.24, 2.45) is 5.92 Å². The highest BCUT2D eigenvalue weighted by molar-refractivity contribution is 6.07. The van der Waals surface area contributed by atoms with Crippen LogP contribution in [-0.4, -0.2) is 42.1 Å². The van der Waals surface area contributed by atoms with Gasteiger partial charge < -0.3 is 10.1 Å². The molecule has 0 radical (unpaired) electrons. The van der Waals surface area contributed by atoms with Crippen molar-refractivity contribution in [3.8, 4) is 5.75 Å². The minimum absolute atomic E-state index is 0.128. The molecule has 2 N–H and O–H groups in total. The van der Waals surface area contributed by atoms with Crippen LogP contribution in [0.4, 0.5) is 4.79 Å². The fourth-order valence-electron chi connectivity index (χ4n) is 5.14. The highest BCUT2D eigenvalue weighted by atomic mass is 16.5. The molecule has 3 amide bonds. The maximum Gasteiger partial charge on any atom is 0.322 e. The predicted molar refractivity (Wildman–Crippen MR) is 129 cm³/mol. The Balaban J connectivity index is 1.38. The Morgan fingerprint density at radius 1 is 1.06 bits per heavy atom. The van der Waals surface area contributed by atoms with Gasteiger partial charge in [0.1, 0.15) is 17.9 Å². The molecule has 0 unspecified atom stereocenters. The first-order chi connectivity index (χ1) is 16.1. The standard InChI is InChI=1S/C27H33N3O3/c1-2-19-33-24-13-7-6-12-22(24)20-30-17-14-23(15-18-30)27(25(31)28-26(32)29-27)16-8-11-21-9-4-3-5-10-21/h2-7,9-10,12-13,23H,1,8,11,14-20H2,(H2,28,29,31,32)/t27-/m0/s1. The van der Waals surface area contributed by atoms with Gasteiger partial charge in [-0.2, -0.15) is 0 Å². The zero-order valence-corrected chi connectivity index (χ0v) is 19.1. The van der Waals surface area contributed by atoms with Crippen LogP contribution in [0.3, 0.4) is 0 Å². The highest BCUT2D eigenvalue weighted by Gasteiger charge is 2.51. The summed E-state index contributed by atoms with van der Waals surface area (Å²) in [6, 6.07) is 18.0. The molecule has 2 fully saturated rings. The van der Waals surface area contributed by atoms with E-state index in [-0.39, 0.29) is 17.9 Å². The molecule has 33 heavy (non-hydrogen) atoms. The van der Waals surface area contributed by atoms with Gasteiger partial charge in [-0.05, 0) is 62.7 Å². The maximum atomic E-state index is 12.9. The van der Waals surface area contributed by atoms with Crippen LogP contribution in [0.5, 0.6) is 5.75 Å². The van der Waals surface area contributed by atoms with Gasteiger partial charge in [-0.25, -0.2) is 4.79 Å². The third-order valence-electron chi connectivity index (χ3n) is 6.86. The van der Waals surface area contributed by atoms with Crippen LogP contribution in [0.25, 0.3) is 0 Å². The smallest absolute Gasteiger partial charge is 0.322 e. The van der Waals surface area contributed by atoms with Gasteiger partial charge in [0.25, 0.3) is 5.91 Å². The van der Waals surface area contributed by atoms with Crippen LogP contribution in [0, 0.1) is 5.92 Å². The molecule has 6 heteroatoms. The van der Waals surface area contributed by atoms with Crippen molar-refractivity contribution in [2.45, 2.75) is 44.2 Å². The molecular formula is C27H33N3O3.